The largest absolute Gasteiger partial charge is 0.335 e. The van der Waals surface area contributed by atoms with Crippen LogP contribution in [-0.4, -0.2) is 13.2 Å². The summed E-state index contributed by atoms with van der Waals surface area (Å²) in [5.74, 6) is -0.464. The molecular weight excluding hydrogens is 266 g/mol. The van der Waals surface area contributed by atoms with Crippen molar-refractivity contribution in [1.82, 2.24) is 0 Å². The summed E-state index contributed by atoms with van der Waals surface area (Å²) >= 11 is 5.76. The molecule has 0 fully saturated rings. The fourth-order valence-electron chi connectivity index (χ4n) is 1.40. The molecule has 0 aliphatic heterocycles. The zero-order chi connectivity index (χ0) is 12.9. The maximum absolute atomic E-state index is 13.5. The van der Waals surface area contributed by atoms with Crippen molar-refractivity contribution in [1.29, 1.82) is 0 Å². The molecule has 0 aliphatic carbocycles. The molecule has 3 nitrogen and oxygen atoms in total. The molecule has 0 spiro atoms. The highest BCUT2D eigenvalue weighted by Crippen LogP contribution is 2.51. The Morgan fingerprint density at radius 2 is 1.88 bits per heavy atom. The Bertz CT molecular complexity index is 415. The molecule has 1 aromatic rings. The second kappa shape index (κ2) is 6.50. The second-order valence-electron chi connectivity index (χ2n) is 3.34. The van der Waals surface area contributed by atoms with Crippen molar-refractivity contribution in [3.63, 3.8) is 0 Å². The van der Waals surface area contributed by atoms with Gasteiger partial charge in [0.15, 0.2) is 0 Å². The Balaban J connectivity index is 2.93. The molecule has 0 N–H and O–H groups in total. The van der Waals surface area contributed by atoms with Gasteiger partial charge in [0.25, 0.3) is 0 Å². The van der Waals surface area contributed by atoms with Crippen LogP contribution in [0.25, 0.3) is 0 Å². The van der Waals surface area contributed by atoms with Crippen LogP contribution in [0.1, 0.15) is 19.4 Å². The minimum absolute atomic E-state index is 0.110. The molecule has 0 radical (unpaired) electrons. The molecule has 0 unspecified atom stereocenters. The van der Waals surface area contributed by atoms with Crippen LogP contribution in [0, 0.1) is 5.82 Å². The molecule has 0 aromatic heterocycles. The Labute approximate surface area is 105 Å². The summed E-state index contributed by atoms with van der Waals surface area (Å²) in [4.78, 5) is 0. The predicted molar refractivity (Wildman–Crippen MR) is 66.0 cm³/mol. The summed E-state index contributed by atoms with van der Waals surface area (Å²) in [6, 6.07) is 4.11. The van der Waals surface area contributed by atoms with E-state index >= 15 is 0 Å². The number of hydrogen-bond donors (Lipinski definition) is 0. The molecule has 0 aliphatic rings. The summed E-state index contributed by atoms with van der Waals surface area (Å²) in [6.45, 7) is 3.92. The summed E-state index contributed by atoms with van der Waals surface area (Å²) in [5, 5.41) is 0.390. The zero-order valence-corrected chi connectivity index (χ0v) is 11.4. The Hall–Kier alpha value is -0.410. The van der Waals surface area contributed by atoms with Gasteiger partial charge in [-0.15, -0.1) is 0 Å². The highest BCUT2D eigenvalue weighted by atomic mass is 35.5. The predicted octanol–water partition coefficient (Wildman–Crippen LogP) is 4.25. The molecule has 1 rings (SSSR count). The first-order valence-electron chi connectivity index (χ1n) is 5.33. The maximum Gasteiger partial charge on any atom is 0.335 e. The molecular formula is C11H15ClFO3P. The summed E-state index contributed by atoms with van der Waals surface area (Å²) in [6.07, 6.45) is -0.110. The third-order valence-corrected chi connectivity index (χ3v) is 4.29. The summed E-state index contributed by atoms with van der Waals surface area (Å²) in [7, 11) is -3.29. The summed E-state index contributed by atoms with van der Waals surface area (Å²) < 4.78 is 35.9. The van der Waals surface area contributed by atoms with E-state index < -0.39 is 13.4 Å². The number of hydrogen-bond acceptors (Lipinski definition) is 3. The van der Waals surface area contributed by atoms with E-state index in [9.17, 15) is 8.96 Å². The average Bonchev–Trinajstić information content (AvgIpc) is 2.24. The van der Waals surface area contributed by atoms with Gasteiger partial charge in [0.1, 0.15) is 5.82 Å². The molecule has 0 saturated carbocycles. The lowest BCUT2D eigenvalue weighted by atomic mass is 10.2. The van der Waals surface area contributed by atoms with Gasteiger partial charge < -0.3 is 9.05 Å². The van der Waals surface area contributed by atoms with E-state index in [1.165, 1.54) is 18.2 Å². The van der Waals surface area contributed by atoms with E-state index in [1.807, 2.05) is 0 Å². The van der Waals surface area contributed by atoms with Crippen molar-refractivity contribution in [2.45, 2.75) is 20.0 Å². The lowest BCUT2D eigenvalue weighted by Gasteiger charge is -2.17. The zero-order valence-electron chi connectivity index (χ0n) is 9.78. The van der Waals surface area contributed by atoms with Gasteiger partial charge in [-0.05, 0) is 32.0 Å². The standard InChI is InChI=1S/C11H15ClFO3P/c1-3-15-17(14,16-4-2)8-9-7-10(12)5-6-11(9)13/h5-7H,3-4,8H2,1-2H3. The van der Waals surface area contributed by atoms with Crippen LogP contribution in [0.15, 0.2) is 18.2 Å². The second-order valence-corrected chi connectivity index (χ2v) is 5.83. The molecule has 0 bridgehead atoms. The highest BCUT2D eigenvalue weighted by molar-refractivity contribution is 7.53. The van der Waals surface area contributed by atoms with Gasteiger partial charge in [0.2, 0.25) is 0 Å². The van der Waals surface area contributed by atoms with E-state index in [2.05, 4.69) is 0 Å². The first-order chi connectivity index (χ1) is 8.00. The summed E-state index contributed by atoms with van der Waals surface area (Å²) in [5.41, 5.74) is 0.239. The Morgan fingerprint density at radius 3 is 2.41 bits per heavy atom. The monoisotopic (exact) mass is 280 g/mol. The first kappa shape index (κ1) is 14.7. The van der Waals surface area contributed by atoms with Crippen molar-refractivity contribution >= 4 is 19.2 Å². The molecule has 96 valence electrons. The topological polar surface area (TPSA) is 35.5 Å². The normalized spacial score (nSPS) is 11.8. The van der Waals surface area contributed by atoms with Crippen molar-refractivity contribution in [2.24, 2.45) is 0 Å². The SMILES string of the molecule is CCOP(=O)(Cc1cc(Cl)ccc1F)OCC. The molecule has 0 atom stereocenters. The van der Waals surface area contributed by atoms with Crippen LogP contribution < -0.4 is 0 Å². The van der Waals surface area contributed by atoms with Gasteiger partial charge in [-0.3, -0.25) is 4.57 Å². The minimum atomic E-state index is -3.29. The fraction of sp³-hybridized carbons (Fsp3) is 0.455. The van der Waals surface area contributed by atoms with Crippen LogP contribution in [0.4, 0.5) is 4.39 Å². The average molecular weight is 281 g/mol. The van der Waals surface area contributed by atoms with Gasteiger partial charge in [-0.25, -0.2) is 4.39 Å². The van der Waals surface area contributed by atoms with Gasteiger partial charge in [0, 0.05) is 10.6 Å². The smallest absolute Gasteiger partial charge is 0.309 e. The van der Waals surface area contributed by atoms with Crippen molar-refractivity contribution in [3.05, 3.63) is 34.6 Å². The number of halogens is 2. The van der Waals surface area contributed by atoms with E-state index in [0.29, 0.717) is 5.02 Å². The number of benzene rings is 1. The molecule has 0 heterocycles. The van der Waals surface area contributed by atoms with Gasteiger partial charge >= 0.3 is 7.60 Å². The van der Waals surface area contributed by atoms with Gasteiger partial charge in [-0.1, -0.05) is 11.6 Å². The van der Waals surface area contributed by atoms with Crippen molar-refractivity contribution in [3.8, 4) is 0 Å². The van der Waals surface area contributed by atoms with Crippen molar-refractivity contribution < 1.29 is 18.0 Å². The molecule has 0 amide bonds. The quantitative estimate of drug-likeness (QED) is 0.731. The lowest BCUT2D eigenvalue weighted by molar-refractivity contribution is 0.219. The number of rotatable bonds is 6. The third kappa shape index (κ3) is 4.40. The molecule has 0 saturated heterocycles. The van der Waals surface area contributed by atoms with Crippen LogP contribution in [0.2, 0.25) is 5.02 Å². The first-order valence-corrected chi connectivity index (χ1v) is 7.43. The molecule has 17 heavy (non-hydrogen) atoms. The van der Waals surface area contributed by atoms with E-state index in [0.717, 1.165) is 0 Å². The van der Waals surface area contributed by atoms with Gasteiger partial charge in [-0.2, -0.15) is 0 Å². The van der Waals surface area contributed by atoms with Crippen LogP contribution in [-0.2, 0) is 19.8 Å². The molecule has 6 heteroatoms. The lowest BCUT2D eigenvalue weighted by Crippen LogP contribution is -2.00. The highest BCUT2D eigenvalue weighted by Gasteiger charge is 2.25. The molecule has 1 aromatic carbocycles. The Morgan fingerprint density at radius 1 is 1.29 bits per heavy atom. The Kier molecular flexibility index (Phi) is 5.60. The minimum Gasteiger partial charge on any atom is -0.309 e. The van der Waals surface area contributed by atoms with Crippen LogP contribution in [0.5, 0.6) is 0 Å². The van der Waals surface area contributed by atoms with Crippen molar-refractivity contribution in [2.75, 3.05) is 13.2 Å². The van der Waals surface area contributed by atoms with Crippen LogP contribution in [0.3, 0.4) is 0 Å². The van der Waals surface area contributed by atoms with E-state index in [4.69, 9.17) is 20.6 Å². The van der Waals surface area contributed by atoms with Gasteiger partial charge in [0.05, 0.1) is 19.4 Å². The fourth-order valence-corrected chi connectivity index (χ4v) is 3.29. The third-order valence-electron chi connectivity index (χ3n) is 2.02. The van der Waals surface area contributed by atoms with E-state index in [1.54, 1.807) is 13.8 Å². The van der Waals surface area contributed by atoms with E-state index in [-0.39, 0.29) is 24.9 Å². The maximum atomic E-state index is 13.5. The van der Waals surface area contributed by atoms with Crippen LogP contribution >= 0.6 is 19.2 Å².